The Balaban J connectivity index is 0.00000337. The van der Waals surface area contributed by atoms with Crippen LogP contribution >= 0.6 is 40.0 Å². The Morgan fingerprint density at radius 2 is 0.732 bits per heavy atom. The Bertz CT molecular complexity index is 1550. The first-order valence-corrected chi connectivity index (χ1v) is 19.9. The van der Waals surface area contributed by atoms with E-state index in [9.17, 15) is 0 Å². The predicted octanol–water partition coefficient (Wildman–Crippen LogP) is 5.44. The van der Waals surface area contributed by atoms with Crippen LogP contribution in [0, 0.1) is 0 Å². The van der Waals surface area contributed by atoms with Gasteiger partial charge in [0.25, 0.3) is 0 Å². The molecule has 212 valence electrons. The van der Waals surface area contributed by atoms with Crippen molar-refractivity contribution in [2.45, 2.75) is 19.6 Å². The van der Waals surface area contributed by atoms with Gasteiger partial charge in [-0.25, -0.2) is 0 Å². The molecule has 0 amide bonds. The Morgan fingerprint density at radius 1 is 0.463 bits per heavy atom. The third-order valence-electron chi connectivity index (χ3n) is 6.79. The molecular formula is C30H30Cl3CrN6P. The zero-order valence-electron chi connectivity index (χ0n) is 22.2. The Hall–Kier alpha value is -2.88. The van der Waals surface area contributed by atoms with Gasteiger partial charge >= 0.3 is 246 Å². The molecule has 0 saturated carbocycles. The van der Waals surface area contributed by atoms with Crippen molar-refractivity contribution in [1.29, 1.82) is 0 Å². The van der Waals surface area contributed by atoms with E-state index in [-0.39, 0.29) is 9.90 Å². The second kappa shape index (κ2) is 11.1. The number of hydrogen-bond donors (Lipinski definition) is 0. The Labute approximate surface area is 254 Å². The molecule has 0 saturated heterocycles. The van der Waals surface area contributed by atoms with Gasteiger partial charge in [0.15, 0.2) is 0 Å². The molecule has 6 rings (SSSR count). The monoisotopic (exact) mass is 662 g/mol. The third-order valence-corrected chi connectivity index (χ3v) is 17.2. The fourth-order valence-electron chi connectivity index (χ4n) is 4.98. The molecule has 3 aromatic carbocycles. The fraction of sp³-hybridized carbons (Fsp3) is 0.100. The van der Waals surface area contributed by atoms with Crippen molar-refractivity contribution in [2.75, 3.05) is 0 Å². The van der Waals surface area contributed by atoms with Gasteiger partial charge in [-0.1, -0.05) is 0 Å². The molecule has 0 bridgehead atoms. The van der Waals surface area contributed by atoms with Crippen LogP contribution in [0.25, 0.3) is 0 Å². The van der Waals surface area contributed by atoms with E-state index < -0.39 is 8.17 Å². The van der Waals surface area contributed by atoms with Gasteiger partial charge in [-0.15, -0.1) is 0 Å². The van der Waals surface area contributed by atoms with Gasteiger partial charge < -0.3 is 0 Å². The molecule has 11 heteroatoms. The summed E-state index contributed by atoms with van der Waals surface area (Å²) in [5, 5.41) is 0. The summed E-state index contributed by atoms with van der Waals surface area (Å²) in [5.41, 5.74) is 3.17. The first kappa shape index (κ1) is 29.6. The molecule has 0 fully saturated rings. The summed E-state index contributed by atoms with van der Waals surface area (Å²) in [6.45, 7) is 1.41. The van der Waals surface area contributed by atoms with E-state index in [0.29, 0.717) is 33.7 Å². The summed E-state index contributed by atoms with van der Waals surface area (Å²) in [5.74, 6) is 0. The van der Waals surface area contributed by atoms with Crippen LogP contribution in [0.2, 0.25) is 0 Å². The molecule has 0 aliphatic carbocycles. The molecule has 0 spiro atoms. The van der Waals surface area contributed by atoms with Gasteiger partial charge in [0, 0.05) is 0 Å². The van der Waals surface area contributed by atoms with E-state index >= 15 is 0 Å². The van der Waals surface area contributed by atoms with Gasteiger partial charge in [-0.05, 0) is 0 Å². The summed E-state index contributed by atoms with van der Waals surface area (Å²) in [4.78, 5) is 14.3. The van der Waals surface area contributed by atoms with Crippen LogP contribution in [-0.4, -0.2) is 28.7 Å². The van der Waals surface area contributed by atoms with Crippen LogP contribution in [0.1, 0.15) is 16.7 Å². The fourth-order valence-corrected chi connectivity index (χ4v) is 14.8. The van der Waals surface area contributed by atoms with Gasteiger partial charge in [0.2, 0.25) is 0 Å². The third kappa shape index (κ3) is 5.28. The molecule has 41 heavy (non-hydrogen) atoms. The zero-order chi connectivity index (χ0) is 27.7. The quantitative estimate of drug-likeness (QED) is 0.194. The number of nitrogens with zero attached hydrogens (tertiary/aromatic N) is 6. The van der Waals surface area contributed by atoms with Crippen LogP contribution in [0.3, 0.4) is 0 Å². The van der Waals surface area contributed by atoms with Crippen molar-refractivity contribution in [2.24, 2.45) is 0 Å². The normalized spacial score (nSPS) is 13.2. The van der Waals surface area contributed by atoms with Crippen LogP contribution in [0.5, 0.6) is 0 Å². The summed E-state index contributed by atoms with van der Waals surface area (Å²) < 4.78 is 6.76. The number of aromatic nitrogens is 6. The molecule has 1 atom stereocenters. The molecule has 0 radical (unpaired) electrons. The molecule has 0 aliphatic heterocycles. The van der Waals surface area contributed by atoms with Crippen LogP contribution in [0.4, 0.5) is 0 Å². The summed E-state index contributed by atoms with van der Waals surface area (Å²) in [6.07, 6.45) is 10.6. The molecule has 6 nitrogen and oxygen atoms in total. The second-order valence-corrected chi connectivity index (χ2v) is 26.5. The maximum atomic E-state index is 8.01. The predicted molar refractivity (Wildman–Crippen MR) is 171 cm³/mol. The number of halogens is 3. The van der Waals surface area contributed by atoms with E-state index in [1.807, 2.05) is 123 Å². The van der Waals surface area contributed by atoms with Crippen LogP contribution in [0.15, 0.2) is 128 Å². The van der Waals surface area contributed by atoms with E-state index in [0.717, 1.165) is 16.7 Å². The topological polar surface area (TPSA) is 53.5 Å². The van der Waals surface area contributed by atoms with Gasteiger partial charge in [-0.3, -0.25) is 0 Å². The van der Waals surface area contributed by atoms with Crippen LogP contribution in [-0.2, 0) is 27.8 Å². The maximum absolute atomic E-state index is 8.01. The minimum atomic E-state index is -6.16. The summed E-state index contributed by atoms with van der Waals surface area (Å²) in [6, 6.07) is 30.1. The van der Waals surface area contributed by atoms with Crippen molar-refractivity contribution < 1.29 is 8.17 Å². The first-order chi connectivity index (χ1) is 19.3. The average molecular weight is 664 g/mol. The van der Waals surface area contributed by atoms with Crippen LogP contribution < -0.4 is 14.1 Å². The van der Waals surface area contributed by atoms with Gasteiger partial charge in [-0.2, -0.15) is 9.90 Å². The van der Waals surface area contributed by atoms with Crippen molar-refractivity contribution >= 4 is 54.1 Å². The summed E-state index contributed by atoms with van der Waals surface area (Å²) >= 11 is 0. The zero-order valence-corrected chi connectivity index (χ0v) is 27.1. The number of rotatable bonds is 9. The van der Waals surface area contributed by atoms with Crippen molar-refractivity contribution in [3.05, 3.63) is 145 Å². The van der Waals surface area contributed by atoms with Crippen molar-refractivity contribution in [3.8, 4) is 0 Å². The number of hydrogen-bond acceptors (Lipinski definition) is 3. The van der Waals surface area contributed by atoms with E-state index in [1.54, 1.807) is 18.6 Å². The Morgan fingerprint density at radius 3 is 1.00 bits per heavy atom. The molecule has 3 aromatic heterocycles. The standard InChI is InChI=1S/3C10H9N2.3ClH.Cr.H3P/c3*1-2-4-10(5-3-1)8-12-7-6-11-9-12;;;;;/h3*1-7H,8H2;3*1H;;1H3/q;;;;;;+3;/p-3. The number of imidazole rings is 3. The molecule has 1 unspecified atom stereocenters. The van der Waals surface area contributed by atoms with Crippen molar-refractivity contribution in [3.63, 3.8) is 0 Å². The second-order valence-electron chi connectivity index (χ2n) is 9.65. The van der Waals surface area contributed by atoms with E-state index in [2.05, 4.69) is 0 Å². The molecule has 0 N–H and O–H groups in total. The minimum absolute atomic E-state index is 0. The van der Waals surface area contributed by atoms with E-state index in [1.165, 1.54) is 0 Å². The Kier molecular flexibility index (Phi) is 8.00. The first-order valence-electron chi connectivity index (χ1n) is 12.7. The van der Waals surface area contributed by atoms with Gasteiger partial charge in [0.1, 0.15) is 0 Å². The molecule has 6 aromatic rings. The molecule has 0 aliphatic rings. The van der Waals surface area contributed by atoms with E-state index in [4.69, 9.17) is 45.1 Å². The summed E-state index contributed by atoms with van der Waals surface area (Å²) in [7, 11) is 17.9. The SMILES string of the molecule is P.[Cl][Cr]([Cl])([Cl])([c]1nccn1Cc1ccccc1)([c]1nccn1Cc1ccccc1)[c]1nccn1Cc1ccccc1. The van der Waals surface area contributed by atoms with Crippen molar-refractivity contribution in [1.82, 2.24) is 28.7 Å². The average Bonchev–Trinajstić information content (AvgIpc) is 3.73. The molecular weight excluding hydrogens is 634 g/mol. The number of benzene rings is 3. The molecule has 3 heterocycles. The van der Waals surface area contributed by atoms with Gasteiger partial charge in [0.05, 0.1) is 0 Å².